The molecule has 4 nitrogen and oxygen atoms in total. The Balaban J connectivity index is 1.30. The summed E-state index contributed by atoms with van der Waals surface area (Å²) in [6.07, 6.45) is 0. The number of thiazole rings is 1. The van der Waals surface area contributed by atoms with Crippen molar-refractivity contribution in [3.63, 3.8) is 0 Å². The number of quaternary nitrogens is 1. The van der Waals surface area contributed by atoms with Crippen LogP contribution in [0.5, 0.6) is 0 Å². The highest BCUT2D eigenvalue weighted by Crippen LogP contribution is 2.20. The number of thiocarbonyl (C=S) groups is 1. The highest BCUT2D eigenvalue weighted by molar-refractivity contribution is 7.80. The SMILES string of the molecule is Fc1ccc(NC(=S)N2CC[NH+](Cc3nc4ccccc4s3)CC2)cc1. The van der Waals surface area contributed by atoms with Gasteiger partial charge in [0.25, 0.3) is 0 Å². The molecule has 0 spiro atoms. The van der Waals surface area contributed by atoms with E-state index in [0.29, 0.717) is 5.11 Å². The first-order chi connectivity index (χ1) is 12.7. The molecule has 4 rings (SSSR count). The molecule has 0 bridgehead atoms. The first-order valence-corrected chi connectivity index (χ1v) is 9.89. The van der Waals surface area contributed by atoms with Crippen molar-refractivity contribution in [2.24, 2.45) is 0 Å². The second-order valence-electron chi connectivity index (χ2n) is 6.43. The largest absolute Gasteiger partial charge is 0.338 e. The lowest BCUT2D eigenvalue weighted by atomic mass is 10.3. The number of nitrogens with one attached hydrogen (secondary N) is 2. The summed E-state index contributed by atoms with van der Waals surface area (Å²) in [7, 11) is 0. The topological polar surface area (TPSA) is 32.6 Å². The minimum Gasteiger partial charge on any atom is -0.338 e. The van der Waals surface area contributed by atoms with Crippen LogP contribution in [-0.4, -0.2) is 41.2 Å². The molecule has 134 valence electrons. The molecule has 3 aromatic rings. The maximum atomic E-state index is 13.0. The Morgan fingerprint density at radius 3 is 2.62 bits per heavy atom. The first-order valence-electron chi connectivity index (χ1n) is 8.67. The van der Waals surface area contributed by atoms with Crippen LogP contribution in [0.4, 0.5) is 10.1 Å². The summed E-state index contributed by atoms with van der Waals surface area (Å²) >= 11 is 7.29. The number of hydrogen-bond donors (Lipinski definition) is 2. The number of hydrogen-bond acceptors (Lipinski definition) is 3. The predicted octanol–water partition coefficient (Wildman–Crippen LogP) is 2.53. The zero-order chi connectivity index (χ0) is 17.9. The van der Waals surface area contributed by atoms with E-state index in [-0.39, 0.29) is 5.82 Å². The molecule has 7 heteroatoms. The minimum atomic E-state index is -0.242. The number of benzene rings is 2. The Kier molecular flexibility index (Phi) is 5.10. The van der Waals surface area contributed by atoms with Gasteiger partial charge in [-0.25, -0.2) is 9.37 Å². The quantitative estimate of drug-likeness (QED) is 0.677. The van der Waals surface area contributed by atoms with Gasteiger partial charge in [-0.05, 0) is 48.6 Å². The van der Waals surface area contributed by atoms with Gasteiger partial charge in [0.05, 0.1) is 36.4 Å². The van der Waals surface area contributed by atoms with Crippen molar-refractivity contribution in [2.45, 2.75) is 6.54 Å². The van der Waals surface area contributed by atoms with Gasteiger partial charge in [0.15, 0.2) is 5.11 Å². The molecular formula is C19H20FN4S2+. The van der Waals surface area contributed by atoms with E-state index < -0.39 is 0 Å². The average Bonchev–Trinajstić information content (AvgIpc) is 3.06. The highest BCUT2D eigenvalue weighted by Gasteiger charge is 2.23. The summed E-state index contributed by atoms with van der Waals surface area (Å²) in [5, 5.41) is 5.09. The summed E-state index contributed by atoms with van der Waals surface area (Å²) < 4.78 is 14.2. The normalized spacial score (nSPS) is 15.3. The molecular weight excluding hydrogens is 367 g/mol. The fraction of sp³-hybridized carbons (Fsp3) is 0.263. The summed E-state index contributed by atoms with van der Waals surface area (Å²) in [5.41, 5.74) is 1.91. The molecule has 1 aliphatic rings. The zero-order valence-electron chi connectivity index (χ0n) is 14.2. The van der Waals surface area contributed by atoms with E-state index >= 15 is 0 Å². The smallest absolute Gasteiger partial charge is 0.173 e. The third kappa shape index (κ3) is 4.00. The third-order valence-electron chi connectivity index (χ3n) is 4.59. The summed E-state index contributed by atoms with van der Waals surface area (Å²) in [6.45, 7) is 4.84. The lowest BCUT2D eigenvalue weighted by molar-refractivity contribution is -0.917. The van der Waals surface area contributed by atoms with Crippen molar-refractivity contribution >= 4 is 44.6 Å². The predicted molar refractivity (Wildman–Crippen MR) is 108 cm³/mol. The van der Waals surface area contributed by atoms with Crippen molar-refractivity contribution in [2.75, 3.05) is 31.5 Å². The summed E-state index contributed by atoms with van der Waals surface area (Å²) in [6, 6.07) is 14.6. The maximum Gasteiger partial charge on any atom is 0.173 e. The van der Waals surface area contributed by atoms with Gasteiger partial charge in [0, 0.05) is 5.69 Å². The number of para-hydroxylation sites is 1. The second-order valence-corrected chi connectivity index (χ2v) is 7.93. The highest BCUT2D eigenvalue weighted by atomic mass is 32.1. The van der Waals surface area contributed by atoms with Gasteiger partial charge in [0.2, 0.25) is 0 Å². The average molecular weight is 388 g/mol. The maximum absolute atomic E-state index is 13.0. The van der Waals surface area contributed by atoms with Crippen LogP contribution in [0.2, 0.25) is 0 Å². The van der Waals surface area contributed by atoms with Crippen LogP contribution in [-0.2, 0) is 6.54 Å². The molecule has 1 aliphatic heterocycles. The Hall–Kier alpha value is -2.09. The lowest BCUT2D eigenvalue weighted by Gasteiger charge is -2.33. The molecule has 0 radical (unpaired) electrons. The fourth-order valence-electron chi connectivity index (χ4n) is 3.15. The Morgan fingerprint density at radius 2 is 1.88 bits per heavy atom. The van der Waals surface area contributed by atoms with E-state index in [1.807, 2.05) is 6.07 Å². The molecule has 0 unspecified atom stereocenters. The second kappa shape index (κ2) is 7.65. The van der Waals surface area contributed by atoms with Crippen molar-refractivity contribution in [3.05, 3.63) is 59.4 Å². The van der Waals surface area contributed by atoms with Crippen molar-refractivity contribution in [1.82, 2.24) is 9.88 Å². The zero-order valence-corrected chi connectivity index (χ0v) is 15.9. The number of anilines is 1. The van der Waals surface area contributed by atoms with E-state index in [1.165, 1.54) is 26.7 Å². The molecule has 0 amide bonds. The van der Waals surface area contributed by atoms with Crippen LogP contribution >= 0.6 is 23.6 Å². The molecule has 0 saturated carbocycles. The van der Waals surface area contributed by atoms with Crippen molar-refractivity contribution in [3.8, 4) is 0 Å². The number of nitrogens with zero attached hydrogens (tertiary/aromatic N) is 2. The van der Waals surface area contributed by atoms with Crippen molar-refractivity contribution in [1.29, 1.82) is 0 Å². The molecule has 1 aromatic heterocycles. The minimum absolute atomic E-state index is 0.242. The van der Waals surface area contributed by atoms with E-state index in [0.717, 1.165) is 43.9 Å². The number of aromatic nitrogens is 1. The van der Waals surface area contributed by atoms with Crippen LogP contribution < -0.4 is 10.2 Å². The van der Waals surface area contributed by atoms with Crippen LogP contribution in [0, 0.1) is 5.82 Å². The Labute approximate surface area is 161 Å². The van der Waals surface area contributed by atoms with Crippen LogP contribution in [0.15, 0.2) is 48.5 Å². The van der Waals surface area contributed by atoms with Crippen LogP contribution in [0.1, 0.15) is 5.01 Å². The first kappa shape index (κ1) is 17.3. The van der Waals surface area contributed by atoms with Crippen molar-refractivity contribution < 1.29 is 9.29 Å². The molecule has 26 heavy (non-hydrogen) atoms. The molecule has 1 fully saturated rings. The third-order valence-corrected chi connectivity index (χ3v) is 5.99. The monoisotopic (exact) mass is 387 g/mol. The van der Waals surface area contributed by atoms with E-state index in [9.17, 15) is 4.39 Å². The number of halogens is 1. The molecule has 2 heterocycles. The molecule has 0 atom stereocenters. The molecule has 2 N–H and O–H groups in total. The fourth-order valence-corrected chi connectivity index (χ4v) is 4.49. The lowest BCUT2D eigenvalue weighted by Crippen LogP contribution is -3.13. The van der Waals surface area contributed by atoms with Gasteiger partial charge in [-0.2, -0.15) is 0 Å². The van der Waals surface area contributed by atoms with Gasteiger partial charge in [-0.1, -0.05) is 12.1 Å². The van der Waals surface area contributed by atoms with Gasteiger partial charge in [-0.3, -0.25) is 0 Å². The molecule has 0 aliphatic carbocycles. The molecule has 2 aromatic carbocycles. The van der Waals surface area contributed by atoms with E-state index in [2.05, 4.69) is 28.4 Å². The van der Waals surface area contributed by atoms with Gasteiger partial charge >= 0.3 is 0 Å². The van der Waals surface area contributed by atoms with Gasteiger partial charge in [0.1, 0.15) is 17.4 Å². The molecule has 1 saturated heterocycles. The Morgan fingerprint density at radius 1 is 1.15 bits per heavy atom. The summed E-state index contributed by atoms with van der Waals surface area (Å²) in [5.74, 6) is -0.242. The van der Waals surface area contributed by atoms with E-state index in [1.54, 1.807) is 23.5 Å². The van der Waals surface area contributed by atoms with Crippen LogP contribution in [0.3, 0.4) is 0 Å². The number of piperazine rings is 1. The number of rotatable bonds is 3. The summed E-state index contributed by atoms with van der Waals surface area (Å²) in [4.78, 5) is 8.45. The van der Waals surface area contributed by atoms with Crippen LogP contribution in [0.25, 0.3) is 10.2 Å². The number of fused-ring (bicyclic) bond motifs is 1. The van der Waals surface area contributed by atoms with E-state index in [4.69, 9.17) is 17.2 Å². The Bertz CT molecular complexity index is 868. The van der Waals surface area contributed by atoms with Gasteiger partial charge < -0.3 is 15.1 Å². The van der Waals surface area contributed by atoms with Gasteiger partial charge in [-0.15, -0.1) is 11.3 Å². The standard InChI is InChI=1S/C19H19FN4S2/c20-14-5-7-15(8-6-14)21-19(25)24-11-9-23(10-12-24)13-18-22-16-3-1-2-4-17(16)26-18/h1-8H,9-13H2,(H,21,25)/p+1.